The molecule has 0 aliphatic rings. The predicted octanol–water partition coefficient (Wildman–Crippen LogP) is 3.54. The lowest BCUT2D eigenvalue weighted by Gasteiger charge is -2.11. The van der Waals surface area contributed by atoms with Gasteiger partial charge >= 0.3 is 7.12 Å². The van der Waals surface area contributed by atoms with Crippen LogP contribution in [0.4, 0.5) is 0 Å². The first-order chi connectivity index (χ1) is 24.4. The lowest BCUT2D eigenvalue weighted by Crippen LogP contribution is -2.29. The number of fused-ring (bicyclic) bond motifs is 2. The van der Waals surface area contributed by atoms with Gasteiger partial charge in [-0.1, -0.05) is 24.3 Å². The van der Waals surface area contributed by atoms with Crippen molar-refractivity contribution in [2.75, 3.05) is 14.2 Å². The smallest absolute Gasteiger partial charge is 0.488 e. The largest absolute Gasteiger partial charge is 0.496 e. The number of aromatic nitrogens is 10. The molecule has 8 aromatic rings. The Morgan fingerprint density at radius 1 is 0.660 bits per heavy atom. The third kappa shape index (κ3) is 8.35. The van der Waals surface area contributed by atoms with Gasteiger partial charge in [0.05, 0.1) is 31.8 Å². The predicted molar refractivity (Wildman–Crippen MR) is 184 cm³/mol. The molecule has 0 amide bonds. The molecule has 0 atom stereocenters. The van der Waals surface area contributed by atoms with Crippen LogP contribution in [-0.2, 0) is 13.1 Å². The highest BCUT2D eigenvalue weighted by atomic mass is 79.9. The van der Waals surface area contributed by atoms with Crippen molar-refractivity contribution in [3.05, 3.63) is 114 Å². The fraction of sp³-hybridized carbons (Fsp3) is 0.125. The van der Waals surface area contributed by atoms with Crippen LogP contribution < -0.4 is 14.9 Å². The van der Waals surface area contributed by atoms with Crippen molar-refractivity contribution < 1.29 is 28.8 Å². The Labute approximate surface area is 292 Å². The van der Waals surface area contributed by atoms with Gasteiger partial charge in [0.15, 0.2) is 0 Å². The fourth-order valence-corrected chi connectivity index (χ4v) is 5.39. The topological polar surface area (TPSA) is 198 Å². The number of benzene rings is 4. The number of rotatable bonds is 8. The Balaban J connectivity index is 0.000000138. The minimum atomic E-state index is -1.48. The first-order valence-corrected chi connectivity index (χ1v) is 15.6. The second-order valence-electron chi connectivity index (χ2n) is 10.5. The molecule has 50 heavy (non-hydrogen) atoms. The van der Waals surface area contributed by atoms with Gasteiger partial charge in [-0.15, -0.1) is 0 Å². The van der Waals surface area contributed by atoms with E-state index in [2.05, 4.69) is 67.4 Å². The molecule has 0 aliphatic heterocycles. The van der Waals surface area contributed by atoms with Gasteiger partial charge in [-0.25, -0.2) is 28.6 Å². The van der Waals surface area contributed by atoms with Gasteiger partial charge in [0, 0.05) is 5.56 Å². The molecule has 252 valence electrons. The maximum atomic E-state index is 8.80. The van der Waals surface area contributed by atoms with Crippen molar-refractivity contribution in [2.24, 2.45) is 0 Å². The summed E-state index contributed by atoms with van der Waals surface area (Å²) in [5.74, 6) is 1.63. The molecule has 0 saturated carbocycles. The minimum absolute atomic E-state index is 0.373. The van der Waals surface area contributed by atoms with Crippen molar-refractivity contribution >= 4 is 50.6 Å². The molecule has 4 heterocycles. The van der Waals surface area contributed by atoms with Crippen LogP contribution in [0.5, 0.6) is 11.5 Å². The lowest BCUT2D eigenvalue weighted by molar-refractivity contribution is 0.315. The van der Waals surface area contributed by atoms with Crippen molar-refractivity contribution in [2.45, 2.75) is 13.1 Å². The van der Waals surface area contributed by atoms with Crippen LogP contribution in [0.25, 0.3) is 33.2 Å². The molecule has 18 heteroatoms. The molecule has 8 rings (SSSR count). The molecule has 2 N–H and O–H groups in total. The zero-order valence-electron chi connectivity index (χ0n) is 26.6. The van der Waals surface area contributed by atoms with Crippen molar-refractivity contribution in [3.8, 4) is 22.6 Å². The first kappa shape index (κ1) is 33.9. The van der Waals surface area contributed by atoms with Crippen molar-refractivity contribution in [1.82, 2.24) is 50.2 Å². The molecule has 0 radical (unpaired) electrons. The minimum Gasteiger partial charge on any atom is -0.496 e. The summed E-state index contributed by atoms with van der Waals surface area (Å²) < 4.78 is 24.3. The van der Waals surface area contributed by atoms with Gasteiger partial charge in [0.25, 0.3) is 0 Å². The average molecular weight is 739 g/mol. The summed E-state index contributed by atoms with van der Waals surface area (Å²) in [5.41, 5.74) is 7.15. The summed E-state index contributed by atoms with van der Waals surface area (Å²) >= 11 is 3.44. The molecule has 0 aliphatic carbocycles. The standard InChI is InChI=1S/C16H13N5O2.C10H10BrN3O.C6H5BN2O3/c1-22-16-5-2-11(8-21-10-17-9-18-21)6-13(16)12-3-4-14-15(7-12)20-23-19-14;1-15-10-3-2-8(4-9(10)11)5-14-7-12-6-13-14;10-7(11)4-1-2-5-6(3-4)9-12-8-5/h2-7,9-10H,8H2,1H3;2-4,6-7H,5H2,1H3;1-3,10-11H. The number of halogens is 1. The number of methoxy groups -OCH3 is 2. The molecule has 0 unspecified atom stereocenters. The SMILES string of the molecule is COc1ccc(Cn2cncn2)cc1-c1ccc2nonc2c1.COc1ccc(Cn2cncn2)cc1Br.OB(O)c1ccc2nonc2c1. The maximum Gasteiger partial charge on any atom is 0.488 e. The number of nitrogens with zero attached hydrogens (tertiary/aromatic N) is 10. The maximum absolute atomic E-state index is 8.80. The molecule has 4 aromatic carbocycles. The average Bonchev–Trinajstić information content (AvgIpc) is 3.97. The van der Waals surface area contributed by atoms with Gasteiger partial charge in [0.1, 0.15) is 58.9 Å². The van der Waals surface area contributed by atoms with Crippen LogP contribution in [0.3, 0.4) is 0 Å². The normalized spacial score (nSPS) is 10.7. The van der Waals surface area contributed by atoms with Crippen molar-refractivity contribution in [3.63, 3.8) is 0 Å². The summed E-state index contributed by atoms with van der Waals surface area (Å²) in [4.78, 5) is 7.85. The Bertz CT molecular complexity index is 2280. The number of ether oxygens (including phenoxy) is 2. The molecule has 4 aromatic heterocycles. The van der Waals surface area contributed by atoms with Gasteiger partial charge in [-0.2, -0.15) is 10.2 Å². The summed E-state index contributed by atoms with van der Waals surface area (Å²) in [6, 6.07) is 22.5. The molecule has 0 spiro atoms. The second kappa shape index (κ2) is 15.9. The molecule has 0 bridgehead atoms. The summed E-state index contributed by atoms with van der Waals surface area (Å²) in [6.45, 7) is 1.35. The monoisotopic (exact) mass is 738 g/mol. The van der Waals surface area contributed by atoms with Gasteiger partial charge in [0.2, 0.25) is 0 Å². The summed E-state index contributed by atoms with van der Waals surface area (Å²) in [6.07, 6.45) is 6.43. The van der Waals surface area contributed by atoms with Gasteiger partial charge in [-0.05, 0) is 107 Å². The second-order valence-corrected chi connectivity index (χ2v) is 11.4. The highest BCUT2D eigenvalue weighted by Crippen LogP contribution is 2.32. The molecule has 0 saturated heterocycles. The van der Waals surface area contributed by atoms with E-state index in [-0.39, 0.29) is 0 Å². The quantitative estimate of drug-likeness (QED) is 0.215. The number of hydrogen-bond acceptors (Lipinski definition) is 14. The molecule has 16 nitrogen and oxygen atoms in total. The van der Waals surface area contributed by atoms with E-state index in [1.54, 1.807) is 48.4 Å². The van der Waals surface area contributed by atoms with E-state index in [1.165, 1.54) is 18.7 Å². The van der Waals surface area contributed by atoms with E-state index >= 15 is 0 Å². The van der Waals surface area contributed by atoms with Gasteiger partial charge < -0.3 is 19.5 Å². The number of hydrogen-bond donors (Lipinski definition) is 2. The Morgan fingerprint density at radius 3 is 1.78 bits per heavy atom. The van der Waals surface area contributed by atoms with E-state index in [9.17, 15) is 0 Å². The Morgan fingerprint density at radius 2 is 1.22 bits per heavy atom. The van der Waals surface area contributed by atoms with Crippen LogP contribution in [0.15, 0.2) is 112 Å². The summed E-state index contributed by atoms with van der Waals surface area (Å²) in [5, 5.41) is 40.6. The first-order valence-electron chi connectivity index (χ1n) is 14.9. The molecule has 0 fully saturated rings. The van der Waals surface area contributed by atoms with Crippen LogP contribution in [0, 0.1) is 0 Å². The fourth-order valence-electron chi connectivity index (χ4n) is 4.80. The van der Waals surface area contributed by atoms with Crippen LogP contribution in [0.1, 0.15) is 11.1 Å². The Hall–Kier alpha value is -5.98. The van der Waals surface area contributed by atoms with E-state index in [0.717, 1.165) is 43.7 Å². The van der Waals surface area contributed by atoms with Crippen LogP contribution in [-0.4, -0.2) is 81.5 Å². The highest BCUT2D eigenvalue weighted by molar-refractivity contribution is 9.10. The van der Waals surface area contributed by atoms with Crippen molar-refractivity contribution in [1.29, 1.82) is 0 Å². The summed E-state index contributed by atoms with van der Waals surface area (Å²) in [7, 11) is 1.83. The third-order valence-corrected chi connectivity index (χ3v) is 7.86. The van der Waals surface area contributed by atoms with E-state index in [4.69, 9.17) is 24.2 Å². The van der Waals surface area contributed by atoms with Crippen LogP contribution in [0.2, 0.25) is 0 Å². The van der Waals surface area contributed by atoms with E-state index < -0.39 is 7.12 Å². The van der Waals surface area contributed by atoms with Gasteiger partial charge in [-0.3, -0.25) is 0 Å². The molecular weight excluding hydrogens is 711 g/mol. The van der Waals surface area contributed by atoms with Crippen LogP contribution >= 0.6 is 15.9 Å². The molecular formula is C32H28BBrN10O6. The van der Waals surface area contributed by atoms with E-state index in [1.807, 2.05) is 48.5 Å². The zero-order chi connectivity index (χ0) is 34.9. The lowest BCUT2D eigenvalue weighted by atomic mass is 9.80. The zero-order valence-corrected chi connectivity index (χ0v) is 28.2. The highest BCUT2D eigenvalue weighted by Gasteiger charge is 2.13. The third-order valence-electron chi connectivity index (χ3n) is 7.24. The Kier molecular flexibility index (Phi) is 10.8. The van der Waals surface area contributed by atoms with E-state index in [0.29, 0.717) is 35.1 Å².